The second-order valence-corrected chi connectivity index (χ2v) is 13.6. The largest absolute Gasteiger partial charge is 0.457 e. The Morgan fingerprint density at radius 3 is 1.70 bits per heavy atom. The van der Waals surface area contributed by atoms with E-state index in [-0.39, 0.29) is 0 Å². The Balaban J connectivity index is 1.43. The van der Waals surface area contributed by atoms with Crippen molar-refractivity contribution in [3.05, 3.63) is 125 Å². The molecule has 222 valence electrons. The number of allylic oxidation sites excluding steroid dienone is 1. The lowest BCUT2D eigenvalue weighted by atomic mass is 9.95. The smallest absolute Gasteiger partial charge is 0.135 e. The second kappa shape index (κ2) is 9.58. The maximum absolute atomic E-state index is 6.00. The molecule has 0 radical (unpaired) electrons. The first-order chi connectivity index (χ1) is 22.3. The van der Waals surface area contributed by atoms with E-state index < -0.39 is 0 Å². The molecule has 0 amide bonds. The van der Waals surface area contributed by atoms with Gasteiger partial charge >= 0.3 is 0 Å². The van der Waals surface area contributed by atoms with Crippen LogP contribution in [0.15, 0.2) is 108 Å². The van der Waals surface area contributed by atoms with Crippen molar-refractivity contribution in [3.8, 4) is 11.1 Å². The maximum Gasteiger partial charge on any atom is 0.135 e. The number of hydrogen-bond donors (Lipinski definition) is 0. The molecule has 46 heavy (non-hydrogen) atoms. The van der Waals surface area contributed by atoms with Crippen molar-refractivity contribution in [1.82, 2.24) is 4.40 Å². The Bertz CT molecular complexity index is 2700. The summed E-state index contributed by atoms with van der Waals surface area (Å²) in [6, 6.07) is 34.8. The Kier molecular flexibility index (Phi) is 5.63. The van der Waals surface area contributed by atoms with E-state index in [9.17, 15) is 0 Å². The Morgan fingerprint density at radius 2 is 1.15 bits per heavy atom. The molecule has 2 nitrogen and oxygen atoms in total. The first-order valence-electron chi connectivity index (χ1n) is 16.3. The van der Waals surface area contributed by atoms with Crippen molar-refractivity contribution >= 4 is 83.3 Å². The molecule has 0 aliphatic rings. The van der Waals surface area contributed by atoms with E-state index in [1.165, 1.54) is 76.3 Å². The van der Waals surface area contributed by atoms with Crippen LogP contribution in [0.4, 0.5) is 0 Å². The van der Waals surface area contributed by atoms with E-state index in [1.54, 1.807) is 6.08 Å². The highest BCUT2D eigenvalue weighted by Crippen LogP contribution is 2.44. The van der Waals surface area contributed by atoms with Gasteiger partial charge in [-0.3, -0.25) is 0 Å². The predicted molar refractivity (Wildman–Crippen MR) is 199 cm³/mol. The lowest BCUT2D eigenvalue weighted by Crippen LogP contribution is -2.17. The first-order valence-corrected chi connectivity index (χ1v) is 16.3. The molecule has 9 aromatic rings. The fourth-order valence-electron chi connectivity index (χ4n) is 7.60. The Morgan fingerprint density at radius 1 is 0.587 bits per heavy atom. The zero-order valence-electron chi connectivity index (χ0n) is 26.7. The van der Waals surface area contributed by atoms with E-state index in [0.29, 0.717) is 17.3 Å². The standard InChI is InChI=1S/C44H35NO/c1-7-8-35-26(6)46-43-14-13-29(17-38(35)43)34-20-39-36-18-32-15-27(24(2)3)9-11-30(32)22-41(36)45-42-23-31-12-10-28(25(4)5)16-33(31)19-37(42)40(21-34)44(39)45/h7-25H,1,6H2,2-5H3/b35-8+. The Hall–Kier alpha value is -5.34. The van der Waals surface area contributed by atoms with Gasteiger partial charge in [0, 0.05) is 32.1 Å². The molecule has 0 saturated heterocycles. The molecule has 0 unspecified atom stereocenters. The number of aromatic nitrogens is 1. The fourth-order valence-corrected chi connectivity index (χ4v) is 7.60. The van der Waals surface area contributed by atoms with Crippen molar-refractivity contribution in [3.63, 3.8) is 0 Å². The number of fused-ring (bicyclic) bond motifs is 9. The van der Waals surface area contributed by atoms with Crippen LogP contribution < -0.4 is 10.6 Å². The van der Waals surface area contributed by atoms with Gasteiger partial charge in [-0.05, 0) is 104 Å². The summed E-state index contributed by atoms with van der Waals surface area (Å²) >= 11 is 0. The van der Waals surface area contributed by atoms with Crippen molar-refractivity contribution < 1.29 is 4.42 Å². The molecule has 9 rings (SSSR count). The van der Waals surface area contributed by atoms with Crippen molar-refractivity contribution in [2.75, 3.05) is 0 Å². The van der Waals surface area contributed by atoms with Crippen LogP contribution in [0.1, 0.15) is 50.7 Å². The molecule has 0 saturated carbocycles. The van der Waals surface area contributed by atoms with Crippen molar-refractivity contribution in [1.29, 1.82) is 0 Å². The van der Waals surface area contributed by atoms with Crippen LogP contribution in [0.3, 0.4) is 0 Å². The van der Waals surface area contributed by atoms with Crippen LogP contribution >= 0.6 is 0 Å². The third-order valence-corrected chi connectivity index (χ3v) is 10.1. The SMILES string of the molecule is C=C/C=c1\c(=C)oc2ccc(-c3cc4c5cc6cc(C(C)C)ccc6cc5n5c6cc7ccc(C(C)C)cc7cc6c(c3)c45)cc12. The third-order valence-electron chi connectivity index (χ3n) is 10.1. The summed E-state index contributed by atoms with van der Waals surface area (Å²) in [6.07, 6.45) is 3.78. The van der Waals surface area contributed by atoms with Gasteiger partial charge in [0.25, 0.3) is 0 Å². The zero-order chi connectivity index (χ0) is 31.4. The maximum atomic E-state index is 6.00. The van der Waals surface area contributed by atoms with Crippen LogP contribution in [0.5, 0.6) is 0 Å². The summed E-state index contributed by atoms with van der Waals surface area (Å²) in [5.41, 5.74) is 10.4. The molecule has 0 aliphatic carbocycles. The molecule has 6 aromatic carbocycles. The van der Waals surface area contributed by atoms with Crippen LogP contribution in [-0.4, -0.2) is 4.40 Å². The zero-order valence-corrected chi connectivity index (χ0v) is 26.7. The minimum atomic E-state index is 0.481. The van der Waals surface area contributed by atoms with E-state index in [2.05, 4.69) is 136 Å². The molecular weight excluding hydrogens is 558 g/mol. The molecule has 0 fully saturated rings. The highest BCUT2D eigenvalue weighted by Gasteiger charge is 2.21. The number of rotatable bonds is 4. The second-order valence-electron chi connectivity index (χ2n) is 13.6. The first kappa shape index (κ1) is 27.0. The van der Waals surface area contributed by atoms with Crippen LogP contribution in [0, 0.1) is 0 Å². The molecule has 0 spiro atoms. The highest BCUT2D eigenvalue weighted by atomic mass is 16.3. The van der Waals surface area contributed by atoms with Crippen molar-refractivity contribution in [2.45, 2.75) is 39.5 Å². The van der Waals surface area contributed by atoms with Gasteiger partial charge in [-0.25, -0.2) is 0 Å². The summed E-state index contributed by atoms with van der Waals surface area (Å²) in [4.78, 5) is 0. The minimum absolute atomic E-state index is 0.481. The van der Waals surface area contributed by atoms with Crippen LogP contribution in [0.2, 0.25) is 0 Å². The summed E-state index contributed by atoms with van der Waals surface area (Å²) in [5, 5.41) is 12.3. The van der Waals surface area contributed by atoms with Gasteiger partial charge in [0.1, 0.15) is 11.0 Å². The van der Waals surface area contributed by atoms with Gasteiger partial charge in [-0.1, -0.05) is 95.5 Å². The molecule has 3 heterocycles. The van der Waals surface area contributed by atoms with Gasteiger partial charge in [-0.2, -0.15) is 0 Å². The summed E-state index contributed by atoms with van der Waals surface area (Å²) in [5.74, 6) is 0.963. The van der Waals surface area contributed by atoms with E-state index >= 15 is 0 Å². The number of nitrogens with zero attached hydrogens (tertiary/aromatic N) is 1. The molecule has 2 heteroatoms. The van der Waals surface area contributed by atoms with Gasteiger partial charge < -0.3 is 8.82 Å². The van der Waals surface area contributed by atoms with E-state index in [1.807, 2.05) is 6.08 Å². The average Bonchev–Trinajstić information content (AvgIpc) is 3.66. The average molecular weight is 594 g/mol. The molecular formula is C44H35NO. The lowest BCUT2D eigenvalue weighted by molar-refractivity contribution is 0.577. The molecule has 0 atom stereocenters. The number of hydrogen-bond acceptors (Lipinski definition) is 1. The highest BCUT2D eigenvalue weighted by molar-refractivity contribution is 6.27. The summed E-state index contributed by atoms with van der Waals surface area (Å²) in [7, 11) is 0. The Labute approximate surface area is 267 Å². The fraction of sp³-hybridized carbons (Fsp3) is 0.136. The summed E-state index contributed by atoms with van der Waals surface area (Å²) < 4.78 is 8.51. The molecule has 0 bridgehead atoms. The van der Waals surface area contributed by atoms with E-state index in [0.717, 1.165) is 21.8 Å². The van der Waals surface area contributed by atoms with E-state index in [4.69, 9.17) is 4.42 Å². The van der Waals surface area contributed by atoms with Gasteiger partial charge in [0.05, 0.1) is 16.6 Å². The third kappa shape index (κ3) is 3.77. The topological polar surface area (TPSA) is 17.6 Å². The van der Waals surface area contributed by atoms with Gasteiger partial charge in [-0.15, -0.1) is 0 Å². The normalized spacial score (nSPS) is 13.0. The molecule has 0 N–H and O–H groups in total. The predicted octanol–water partition coefficient (Wildman–Crippen LogP) is 11.2. The lowest BCUT2D eigenvalue weighted by Gasteiger charge is -2.09. The monoisotopic (exact) mass is 593 g/mol. The quantitative estimate of drug-likeness (QED) is 0.198. The van der Waals surface area contributed by atoms with Gasteiger partial charge in [0.2, 0.25) is 0 Å². The van der Waals surface area contributed by atoms with Crippen LogP contribution in [0.25, 0.3) is 94.4 Å². The van der Waals surface area contributed by atoms with Crippen molar-refractivity contribution in [2.24, 2.45) is 0 Å². The van der Waals surface area contributed by atoms with Crippen LogP contribution in [-0.2, 0) is 0 Å². The minimum Gasteiger partial charge on any atom is -0.457 e. The molecule has 3 aromatic heterocycles. The van der Waals surface area contributed by atoms with Gasteiger partial charge in [0.15, 0.2) is 0 Å². The summed E-state index contributed by atoms with van der Waals surface area (Å²) in [6.45, 7) is 17.1. The number of furan rings is 1. The molecule has 0 aliphatic heterocycles. The number of benzene rings is 6.